The first-order valence-electron chi connectivity index (χ1n) is 48.2. The van der Waals surface area contributed by atoms with Crippen molar-refractivity contribution in [3.05, 3.63) is 38.5 Å². The highest BCUT2D eigenvalue weighted by Crippen LogP contribution is 2.51. The standard InChI is InChI=1S/C96H148IN7O34S4.2H2/c1-17-70(108)101-81-62-23-21-19-20-22-24-67(135-94-88(136-75-52-68(119-12)64(55-131-75)103(18-2)61(9)105)83(114)80(58(6)133-94)102-138-76-51-65(106)90(60(8)132-76)141-92(117)77-57(5)79(97)86(89(122-15)85(77)120-13)137-93-84(115)87(121-14)82(113)59(7)134-93)78(62)63(96(118,56(3)4)54-66(81)107)28-50-140-142-95(10,11)29-25-71(109)98-30-31-99-73(111)27-34-123-36-38-125-40-42-127-44-46-129-48-49-130-47-45-128-43-41-126-39-37-124-35-32-100-72(110)26-33-104-74(112)53-69(139-16)91(104)116;;/h19-20,28,56,58-60,62,64-65,67-69,75-76,78,80-84,87-88,90,93-94,102,106,113-115,118H,17-18,25-27,29-55H2,1-16H3,(H,98,109)(H,99,111)(H,100,110)(H,101,108);2*1H/b20-19-,63-28+;;/t58?,59?,60?,62?,64?,65?,67-,68?,69?,75?,76?,78?,80?,81?,82?,83?,84?,87?,88?,90?,93?,94?,96+;;/m0../s1. The van der Waals surface area contributed by atoms with Crippen molar-refractivity contribution < 1.29 is 166 Å². The molecule has 1 aromatic carbocycles. The van der Waals surface area contributed by atoms with Gasteiger partial charge >= 0.3 is 0 Å². The van der Waals surface area contributed by atoms with Crippen molar-refractivity contribution in [2.45, 2.75) is 265 Å². The molecular formula is C96H152IN7O34S4. The van der Waals surface area contributed by atoms with Crippen LogP contribution < -0.4 is 41.0 Å². The van der Waals surface area contributed by atoms with Gasteiger partial charge in [0.25, 0.3) is 0 Å². The number of rotatable bonds is 61. The highest BCUT2D eigenvalue weighted by molar-refractivity contribution is 14.1. The molecule has 5 heterocycles. The topological polar surface area (TPSA) is 506 Å². The first kappa shape index (κ1) is 121. The molecule has 2 aliphatic carbocycles. The third kappa shape index (κ3) is 36.3. The Morgan fingerprint density at radius 2 is 1.26 bits per heavy atom. The summed E-state index contributed by atoms with van der Waals surface area (Å²) >= 11 is 4.14. The predicted molar refractivity (Wildman–Crippen MR) is 538 cm³/mol. The second-order valence-corrected chi connectivity index (χ2v) is 41.9. The number of ether oxygens (including phenoxy) is 19. The van der Waals surface area contributed by atoms with Crippen molar-refractivity contribution in [2.75, 3.05) is 185 Å². The first-order valence-corrected chi connectivity index (χ1v) is 53.8. The van der Waals surface area contributed by atoms with Gasteiger partial charge in [-0.05, 0) is 113 Å². The number of hydroxylamine groups is 1. The Hall–Kier alpha value is -5.74. The van der Waals surface area contributed by atoms with E-state index in [1.807, 2.05) is 49.4 Å². The van der Waals surface area contributed by atoms with Crippen molar-refractivity contribution in [3.63, 3.8) is 0 Å². The molecule has 5 aliphatic heterocycles. The molecule has 21 unspecified atom stereocenters. The number of aliphatic hydroxyl groups excluding tert-OH is 4. The van der Waals surface area contributed by atoms with Crippen molar-refractivity contribution in [3.8, 4) is 40.9 Å². The lowest BCUT2D eigenvalue weighted by atomic mass is 9.71. The smallest absolute Gasteiger partial charge is 0.242 e. The number of hydrogen-bond donors (Lipinski definition) is 10. The normalized spacial score (nSPS) is 28.9. The van der Waals surface area contributed by atoms with Crippen LogP contribution in [0.25, 0.3) is 0 Å². The Morgan fingerprint density at radius 1 is 0.683 bits per heavy atom. The van der Waals surface area contributed by atoms with Gasteiger partial charge in [-0.2, -0.15) is 17.2 Å². The Labute approximate surface area is 865 Å². The number of imide groups is 1. The minimum atomic E-state index is -1.91. The SMILES string of the molecule is CCC(=O)NC1C(=O)C[C@@](O)(C(C)C)/C(=C/CSSC(C)(C)CCC(=O)NCCNC(=O)CCOCCOCCOCCOCCOCCOCCOCCOCCNC(=O)CCN2C(=O)CC(SC)C2=O)C2C1C#C/C=C\C#C[C@@H]2OC1OC(C)C(NOC2CC(O)C(SC(=O)c3c(C)c(I)c(OC4OC(C)C(O)C(OC)C4O)c(OC)c3OC)C(C)O2)C(O)C1OC1CC(OC)C(N(CC)C(C)=O)CO1.[HH].[HH]. The number of hydrogen-bond acceptors (Lipinski definition) is 39. The Bertz CT molecular complexity index is 4380. The van der Waals surface area contributed by atoms with Crippen LogP contribution in [0, 0.1) is 51.9 Å². The number of halogens is 1. The number of likely N-dealkylation sites (N-methyl/N-ethyl adjacent to an activating group) is 1. The molecule has 0 spiro atoms. The van der Waals surface area contributed by atoms with Crippen LogP contribution in [-0.2, 0) is 119 Å². The number of likely N-dealkylation sites (tertiary alicyclic amines) is 1. The summed E-state index contributed by atoms with van der Waals surface area (Å²) in [6.45, 7) is 25.8. The maximum absolute atomic E-state index is 15.0. The van der Waals surface area contributed by atoms with Gasteiger partial charge in [0.15, 0.2) is 36.2 Å². The summed E-state index contributed by atoms with van der Waals surface area (Å²) in [6, 6.07) is -3.00. The zero-order valence-electron chi connectivity index (χ0n) is 84.1. The Morgan fingerprint density at radius 3 is 1.82 bits per heavy atom. The molecule has 806 valence electrons. The van der Waals surface area contributed by atoms with Crippen LogP contribution in [0.5, 0.6) is 17.2 Å². The van der Waals surface area contributed by atoms with Crippen LogP contribution in [0.3, 0.4) is 0 Å². The second kappa shape index (κ2) is 62.7. The van der Waals surface area contributed by atoms with Gasteiger partial charge in [0, 0.05) is 125 Å². The number of methoxy groups -OCH3 is 4. The summed E-state index contributed by atoms with van der Waals surface area (Å²) in [5.74, 6) is 7.68. The number of amides is 7. The number of ketones is 1. The second-order valence-electron chi connectivity index (χ2n) is 35.6. The molecule has 7 amide bonds. The average Bonchev–Trinajstić information content (AvgIpc) is 1.57. The molecule has 0 bridgehead atoms. The summed E-state index contributed by atoms with van der Waals surface area (Å²) in [7, 11) is 8.52. The number of fused-ring (bicyclic) bond motifs is 1. The fourth-order valence-electron chi connectivity index (χ4n) is 17.0. The number of benzene rings is 1. The van der Waals surface area contributed by atoms with E-state index >= 15 is 4.79 Å². The van der Waals surface area contributed by atoms with E-state index in [0.717, 1.165) is 16.7 Å². The van der Waals surface area contributed by atoms with Gasteiger partial charge in [-0.25, -0.2) is 0 Å². The first-order chi connectivity index (χ1) is 68.0. The monoisotopic (exact) mass is 2200 g/mol. The lowest BCUT2D eigenvalue weighted by Crippen LogP contribution is -2.65. The molecular weight excluding hydrogens is 2050 g/mol. The highest BCUT2D eigenvalue weighted by atomic mass is 127. The van der Waals surface area contributed by atoms with E-state index in [1.165, 1.54) is 80.9 Å². The fraction of sp³-hybridized carbons (Fsp3) is 0.760. The zero-order chi connectivity index (χ0) is 104. The minimum absolute atomic E-state index is 0. The summed E-state index contributed by atoms with van der Waals surface area (Å²) < 4.78 is 113. The van der Waals surface area contributed by atoms with Gasteiger partial charge in [0.2, 0.25) is 58.5 Å². The summed E-state index contributed by atoms with van der Waals surface area (Å²) in [5, 5.41) is 69.9. The predicted octanol–water partition coefficient (Wildman–Crippen LogP) is 4.15. The fourth-order valence-corrected chi connectivity index (χ4v) is 21.8. The summed E-state index contributed by atoms with van der Waals surface area (Å²) in [5.41, 5.74) is 1.89. The van der Waals surface area contributed by atoms with Crippen molar-refractivity contribution in [2.24, 2.45) is 17.8 Å². The van der Waals surface area contributed by atoms with E-state index in [4.69, 9.17) is 94.8 Å². The van der Waals surface area contributed by atoms with Crippen LogP contribution in [-0.4, -0.2) is 404 Å². The number of thioether (sulfide) groups is 2. The molecule has 10 N–H and O–H groups in total. The Kier molecular flexibility index (Phi) is 53.6. The molecule has 142 heavy (non-hydrogen) atoms. The third-order valence-electron chi connectivity index (χ3n) is 25.0. The minimum Gasteiger partial charge on any atom is -0.492 e. The van der Waals surface area contributed by atoms with Crippen LogP contribution >= 0.6 is 67.7 Å². The molecule has 8 rings (SSSR count). The van der Waals surface area contributed by atoms with Gasteiger partial charge in [0.1, 0.15) is 42.7 Å². The largest absolute Gasteiger partial charge is 0.492 e. The number of nitrogens with one attached hydrogen (secondary N) is 5. The summed E-state index contributed by atoms with van der Waals surface area (Å²) in [4.78, 5) is 128. The quantitative estimate of drug-likeness (QED) is 0.00832. The van der Waals surface area contributed by atoms with E-state index in [1.54, 1.807) is 59.6 Å². The number of carbonyl (C=O) groups excluding carboxylic acids is 9. The number of aliphatic hydroxyl groups is 5. The maximum atomic E-state index is 15.0. The van der Waals surface area contributed by atoms with E-state index in [0.29, 0.717) is 127 Å². The highest BCUT2D eigenvalue weighted by Gasteiger charge is 2.57. The van der Waals surface area contributed by atoms with Gasteiger partial charge in [-0.3, -0.25) is 52.9 Å². The van der Waals surface area contributed by atoms with Crippen LogP contribution in [0.15, 0.2) is 23.8 Å². The maximum Gasteiger partial charge on any atom is 0.242 e. The van der Waals surface area contributed by atoms with E-state index in [2.05, 4.69) is 50.4 Å². The van der Waals surface area contributed by atoms with Gasteiger partial charge in [0.05, 0.1) is 200 Å². The lowest BCUT2D eigenvalue weighted by Gasteiger charge is -2.47. The van der Waals surface area contributed by atoms with E-state index < -0.39 is 167 Å². The van der Waals surface area contributed by atoms with Crippen LogP contribution in [0.4, 0.5) is 0 Å². The van der Waals surface area contributed by atoms with Crippen molar-refractivity contribution in [1.82, 2.24) is 36.5 Å². The zero-order valence-corrected chi connectivity index (χ0v) is 89.5. The van der Waals surface area contributed by atoms with Crippen LogP contribution in [0.1, 0.15) is 146 Å². The molecule has 23 atom stereocenters. The van der Waals surface area contributed by atoms with Crippen LogP contribution in [0.2, 0.25) is 0 Å². The summed E-state index contributed by atoms with van der Waals surface area (Å²) in [6.07, 6.45) is -10.9. The molecule has 41 nitrogen and oxygen atoms in total. The number of carbonyl (C=O) groups is 9. The Balaban J connectivity index is 0.0000159. The molecule has 46 heteroatoms. The van der Waals surface area contributed by atoms with Gasteiger partial charge in [-0.1, -0.05) is 83.9 Å². The van der Waals surface area contributed by atoms with E-state index in [-0.39, 0.29) is 157 Å². The molecule has 6 fully saturated rings. The molecule has 0 aromatic heterocycles. The molecule has 5 saturated heterocycles. The number of nitrogens with zero attached hydrogens (tertiary/aromatic N) is 2. The lowest BCUT2D eigenvalue weighted by molar-refractivity contribution is -0.340. The van der Waals surface area contributed by atoms with E-state index in [9.17, 15) is 63.9 Å². The molecule has 1 saturated carbocycles. The molecule has 7 aliphatic rings. The van der Waals surface area contributed by atoms with Crippen molar-refractivity contribution in [1.29, 1.82) is 0 Å². The molecule has 1 aromatic rings. The van der Waals surface area contributed by atoms with Crippen molar-refractivity contribution >= 4 is 120 Å². The molecule has 0 radical (unpaired) electrons. The number of allylic oxidation sites excluding steroid dienone is 2. The third-order valence-corrected chi connectivity index (χ3v) is 31.8. The number of Topliss-reactive ketones (excluding diaryl/α,β-unsaturated/α-hetero) is 1. The average molecular weight is 2200 g/mol. The van der Waals surface area contributed by atoms with Gasteiger partial charge < -0.3 is 142 Å². The van der Waals surface area contributed by atoms with Gasteiger partial charge in [-0.15, -0.1) is 0 Å².